The Labute approximate surface area is 151 Å². The van der Waals surface area contributed by atoms with Crippen molar-refractivity contribution in [3.63, 3.8) is 0 Å². The largest absolute Gasteiger partial charge is 0.378 e. The lowest BCUT2D eigenvalue weighted by molar-refractivity contribution is 0.844. The molecular formula is C20H21N5O. The van der Waals surface area contributed by atoms with Crippen LogP contribution in [0.2, 0.25) is 0 Å². The van der Waals surface area contributed by atoms with Crippen LogP contribution in [0.15, 0.2) is 53.7 Å². The van der Waals surface area contributed by atoms with Gasteiger partial charge in [-0.2, -0.15) is 5.10 Å². The first-order valence-electron chi connectivity index (χ1n) is 8.70. The molecule has 6 heteroatoms. The third-order valence-electron chi connectivity index (χ3n) is 4.98. The zero-order valence-corrected chi connectivity index (χ0v) is 14.9. The number of aromatic nitrogens is 3. The highest BCUT2D eigenvalue weighted by atomic mass is 16.1. The predicted molar refractivity (Wildman–Crippen MR) is 102 cm³/mol. The quantitative estimate of drug-likeness (QED) is 0.758. The minimum absolute atomic E-state index is 0.136. The molecule has 3 heterocycles. The number of nitrogens with one attached hydrogen (secondary N) is 2. The average molecular weight is 347 g/mol. The fourth-order valence-corrected chi connectivity index (χ4v) is 3.46. The summed E-state index contributed by atoms with van der Waals surface area (Å²) in [6.07, 6.45) is 5.36. The maximum atomic E-state index is 11.9. The molecule has 1 aromatic carbocycles. The van der Waals surface area contributed by atoms with Crippen LogP contribution in [0.1, 0.15) is 35.2 Å². The van der Waals surface area contributed by atoms with Crippen LogP contribution >= 0.6 is 0 Å². The smallest absolute Gasteiger partial charge is 0.269 e. The van der Waals surface area contributed by atoms with E-state index in [1.165, 1.54) is 16.7 Å². The van der Waals surface area contributed by atoms with Crippen molar-refractivity contribution in [2.45, 2.75) is 33.0 Å². The summed E-state index contributed by atoms with van der Waals surface area (Å²) in [6, 6.07) is 10.6. The van der Waals surface area contributed by atoms with E-state index in [9.17, 15) is 4.79 Å². The van der Waals surface area contributed by atoms with Gasteiger partial charge in [0.15, 0.2) is 0 Å². The van der Waals surface area contributed by atoms with E-state index in [1.54, 1.807) is 6.20 Å². The molecule has 0 fully saturated rings. The molecule has 0 spiro atoms. The maximum absolute atomic E-state index is 11.9. The van der Waals surface area contributed by atoms with E-state index in [4.69, 9.17) is 0 Å². The summed E-state index contributed by atoms with van der Waals surface area (Å²) in [6.45, 7) is 5.52. The van der Waals surface area contributed by atoms with Gasteiger partial charge in [0.25, 0.3) is 5.56 Å². The fourth-order valence-electron chi connectivity index (χ4n) is 3.46. The van der Waals surface area contributed by atoms with Crippen LogP contribution in [0.25, 0.3) is 0 Å². The van der Waals surface area contributed by atoms with Gasteiger partial charge in [0, 0.05) is 42.8 Å². The van der Waals surface area contributed by atoms with Gasteiger partial charge in [0.1, 0.15) is 0 Å². The van der Waals surface area contributed by atoms with Gasteiger partial charge in [-0.1, -0.05) is 12.1 Å². The van der Waals surface area contributed by atoms with Gasteiger partial charge in [-0.3, -0.25) is 9.78 Å². The second kappa shape index (κ2) is 6.63. The second-order valence-electron chi connectivity index (χ2n) is 6.66. The molecule has 0 amide bonds. The summed E-state index contributed by atoms with van der Waals surface area (Å²) >= 11 is 0. The lowest BCUT2D eigenvalue weighted by atomic mass is 10.1. The van der Waals surface area contributed by atoms with Crippen LogP contribution in [0.4, 0.5) is 11.4 Å². The van der Waals surface area contributed by atoms with E-state index in [-0.39, 0.29) is 11.6 Å². The number of pyridine rings is 1. The van der Waals surface area contributed by atoms with Gasteiger partial charge in [-0.05, 0) is 48.7 Å². The normalized spacial score (nSPS) is 14.2. The molecule has 6 nitrogen and oxygen atoms in total. The highest BCUT2D eigenvalue weighted by Crippen LogP contribution is 2.34. The van der Waals surface area contributed by atoms with Crippen molar-refractivity contribution in [1.29, 1.82) is 0 Å². The molecule has 1 atom stereocenters. The van der Waals surface area contributed by atoms with E-state index < -0.39 is 0 Å². The number of hydrogen-bond acceptors (Lipinski definition) is 5. The van der Waals surface area contributed by atoms with Crippen LogP contribution in [0.5, 0.6) is 0 Å². The summed E-state index contributed by atoms with van der Waals surface area (Å²) in [5.41, 5.74) is 6.32. The highest BCUT2D eigenvalue weighted by molar-refractivity contribution is 5.63. The number of benzene rings is 1. The standard InChI is InChI=1S/C20H21N5O/c1-13-19(10-22-24-20(13)26)25-11-16-4-3-5-18(17(16)12-25)23-14(2)15-6-8-21-9-7-15/h3-10,14,23H,11-12H2,1-2H3,(H,24,26). The molecule has 132 valence electrons. The van der Waals surface area contributed by atoms with Gasteiger partial charge in [-0.15, -0.1) is 0 Å². The van der Waals surface area contributed by atoms with Crippen molar-refractivity contribution in [2.75, 3.05) is 10.2 Å². The Morgan fingerprint density at radius 3 is 2.81 bits per heavy atom. The summed E-state index contributed by atoms with van der Waals surface area (Å²) < 4.78 is 0. The Morgan fingerprint density at radius 2 is 2.00 bits per heavy atom. The van der Waals surface area contributed by atoms with Gasteiger partial charge >= 0.3 is 0 Å². The molecule has 1 unspecified atom stereocenters. The zero-order chi connectivity index (χ0) is 18.1. The molecular weight excluding hydrogens is 326 g/mol. The number of nitrogens with zero attached hydrogens (tertiary/aromatic N) is 3. The van der Waals surface area contributed by atoms with Crippen molar-refractivity contribution in [1.82, 2.24) is 15.2 Å². The summed E-state index contributed by atoms with van der Waals surface area (Å²) in [4.78, 5) is 18.2. The van der Waals surface area contributed by atoms with Crippen LogP contribution < -0.4 is 15.8 Å². The fraction of sp³-hybridized carbons (Fsp3) is 0.250. The maximum Gasteiger partial charge on any atom is 0.269 e. The first-order valence-corrected chi connectivity index (χ1v) is 8.70. The van der Waals surface area contributed by atoms with Gasteiger partial charge in [0.2, 0.25) is 0 Å². The Balaban J connectivity index is 1.61. The molecule has 2 aromatic heterocycles. The van der Waals surface area contributed by atoms with Crippen molar-refractivity contribution < 1.29 is 0 Å². The highest BCUT2D eigenvalue weighted by Gasteiger charge is 2.24. The Hall–Kier alpha value is -3.15. The van der Waals surface area contributed by atoms with Crippen molar-refractivity contribution in [3.8, 4) is 0 Å². The van der Waals surface area contributed by atoms with Gasteiger partial charge in [0.05, 0.1) is 11.9 Å². The molecule has 1 aliphatic rings. The van der Waals surface area contributed by atoms with Crippen molar-refractivity contribution in [3.05, 3.63) is 81.5 Å². The van der Waals surface area contributed by atoms with Crippen molar-refractivity contribution >= 4 is 11.4 Å². The number of hydrogen-bond donors (Lipinski definition) is 2. The van der Waals surface area contributed by atoms with E-state index in [0.29, 0.717) is 5.56 Å². The second-order valence-corrected chi connectivity index (χ2v) is 6.66. The third kappa shape index (κ3) is 2.94. The molecule has 26 heavy (non-hydrogen) atoms. The molecule has 4 rings (SSSR count). The van der Waals surface area contributed by atoms with E-state index in [0.717, 1.165) is 24.5 Å². The van der Waals surface area contributed by atoms with Gasteiger partial charge in [-0.25, -0.2) is 5.10 Å². The monoisotopic (exact) mass is 347 g/mol. The van der Waals surface area contributed by atoms with Crippen LogP contribution in [-0.4, -0.2) is 15.2 Å². The molecule has 0 saturated heterocycles. The number of rotatable bonds is 4. The summed E-state index contributed by atoms with van der Waals surface area (Å²) in [7, 11) is 0. The molecule has 1 aliphatic heterocycles. The SMILES string of the molecule is Cc1c(N2Cc3cccc(NC(C)c4ccncc4)c3C2)cn[nH]c1=O. The predicted octanol–water partition coefficient (Wildman–Crippen LogP) is 3.17. The number of anilines is 2. The number of H-pyrrole nitrogens is 1. The molecule has 3 aromatic rings. The van der Waals surface area contributed by atoms with Crippen LogP contribution in [0.3, 0.4) is 0 Å². The molecule has 2 N–H and O–H groups in total. The Kier molecular flexibility index (Phi) is 4.16. The molecule has 0 aliphatic carbocycles. The summed E-state index contributed by atoms with van der Waals surface area (Å²) in [5.74, 6) is 0. The van der Waals surface area contributed by atoms with E-state index in [1.807, 2.05) is 31.5 Å². The molecule has 0 bridgehead atoms. The van der Waals surface area contributed by atoms with E-state index in [2.05, 4.69) is 50.5 Å². The topological polar surface area (TPSA) is 73.9 Å². The third-order valence-corrected chi connectivity index (χ3v) is 4.98. The van der Waals surface area contributed by atoms with E-state index >= 15 is 0 Å². The van der Waals surface area contributed by atoms with Crippen LogP contribution in [-0.2, 0) is 13.1 Å². The lowest BCUT2D eigenvalue weighted by Crippen LogP contribution is -2.21. The minimum atomic E-state index is -0.136. The van der Waals surface area contributed by atoms with Gasteiger partial charge < -0.3 is 10.2 Å². The Morgan fingerprint density at radius 1 is 1.19 bits per heavy atom. The number of fused-ring (bicyclic) bond motifs is 1. The Bertz CT molecular complexity index is 983. The average Bonchev–Trinajstić information content (AvgIpc) is 3.10. The number of aromatic amines is 1. The first-order chi connectivity index (χ1) is 12.6. The minimum Gasteiger partial charge on any atom is -0.378 e. The zero-order valence-electron chi connectivity index (χ0n) is 14.9. The lowest BCUT2D eigenvalue weighted by Gasteiger charge is -2.20. The summed E-state index contributed by atoms with van der Waals surface area (Å²) in [5, 5.41) is 10.1. The molecule has 0 radical (unpaired) electrons. The van der Waals surface area contributed by atoms with Crippen molar-refractivity contribution in [2.24, 2.45) is 0 Å². The first kappa shape index (κ1) is 16.3. The van der Waals surface area contributed by atoms with Crippen LogP contribution in [0, 0.1) is 6.92 Å². The molecule has 0 saturated carbocycles.